The lowest BCUT2D eigenvalue weighted by Crippen LogP contribution is -2.38. The molecule has 1 N–H and O–H groups in total. The number of likely N-dealkylation sites (N-methyl/N-ethyl adjacent to an activating group) is 1. The van der Waals surface area contributed by atoms with Crippen molar-refractivity contribution < 1.29 is 9.18 Å². The maximum atomic E-state index is 13.7. The Kier molecular flexibility index (Phi) is 3.64. The van der Waals surface area contributed by atoms with E-state index in [1.807, 2.05) is 6.92 Å². The van der Waals surface area contributed by atoms with Crippen molar-refractivity contribution in [1.29, 1.82) is 0 Å². The molecule has 1 aromatic rings. The second-order valence-corrected chi connectivity index (χ2v) is 4.37. The van der Waals surface area contributed by atoms with E-state index in [0.717, 1.165) is 6.54 Å². The van der Waals surface area contributed by atoms with Gasteiger partial charge in [0.15, 0.2) is 0 Å². The molecule has 3 nitrogen and oxygen atoms in total. The molecule has 0 aromatic heterocycles. The first-order valence-corrected chi connectivity index (χ1v) is 6.01. The third-order valence-corrected chi connectivity index (χ3v) is 3.17. The van der Waals surface area contributed by atoms with Gasteiger partial charge < -0.3 is 10.2 Å². The van der Waals surface area contributed by atoms with E-state index >= 15 is 0 Å². The van der Waals surface area contributed by atoms with Crippen molar-refractivity contribution in [2.75, 3.05) is 18.0 Å². The van der Waals surface area contributed by atoms with Gasteiger partial charge in [-0.25, -0.2) is 4.39 Å². The van der Waals surface area contributed by atoms with Crippen LogP contribution in [0.3, 0.4) is 0 Å². The summed E-state index contributed by atoms with van der Waals surface area (Å²) >= 11 is 5.95. The highest BCUT2D eigenvalue weighted by atomic mass is 35.5. The topological polar surface area (TPSA) is 32.3 Å². The Hall–Kier alpha value is -1.13. The number of benzene rings is 1. The molecule has 1 amide bonds. The standard InChI is InChI=1S/C12H14ClFN2O/c1-2-15-10-6-7-16(12(10)17)11-8(13)4-3-5-9(11)14/h3-5,10,15H,2,6-7H2,1H3. The van der Waals surface area contributed by atoms with Gasteiger partial charge in [-0.2, -0.15) is 0 Å². The minimum Gasteiger partial charge on any atom is -0.307 e. The summed E-state index contributed by atoms with van der Waals surface area (Å²) < 4.78 is 13.7. The van der Waals surface area contributed by atoms with Gasteiger partial charge >= 0.3 is 0 Å². The summed E-state index contributed by atoms with van der Waals surface area (Å²) in [4.78, 5) is 13.5. The van der Waals surface area contributed by atoms with Crippen molar-refractivity contribution in [3.63, 3.8) is 0 Å². The summed E-state index contributed by atoms with van der Waals surface area (Å²) in [5, 5.41) is 3.35. The number of rotatable bonds is 3. The first kappa shape index (κ1) is 12.3. The third kappa shape index (κ3) is 2.28. The van der Waals surface area contributed by atoms with Crippen molar-refractivity contribution in [2.24, 2.45) is 0 Å². The SMILES string of the molecule is CCNC1CCN(c2c(F)cccc2Cl)C1=O. The second-order valence-electron chi connectivity index (χ2n) is 3.96. The number of halogens is 2. The van der Waals surface area contributed by atoms with Crippen LogP contribution in [-0.2, 0) is 4.79 Å². The summed E-state index contributed by atoms with van der Waals surface area (Å²) in [5.41, 5.74) is 0.194. The maximum absolute atomic E-state index is 13.7. The van der Waals surface area contributed by atoms with Gasteiger partial charge in [0, 0.05) is 6.54 Å². The Balaban J connectivity index is 2.27. The predicted octanol–water partition coefficient (Wildman–Crippen LogP) is 2.19. The average molecular weight is 257 g/mol. The Morgan fingerprint density at radius 1 is 1.59 bits per heavy atom. The fraction of sp³-hybridized carbons (Fsp3) is 0.417. The van der Waals surface area contributed by atoms with Crippen LogP contribution < -0.4 is 10.2 Å². The molecule has 2 rings (SSSR count). The molecule has 5 heteroatoms. The van der Waals surface area contributed by atoms with Crippen LogP contribution in [0.25, 0.3) is 0 Å². The summed E-state index contributed by atoms with van der Waals surface area (Å²) in [6.07, 6.45) is 0.678. The molecule has 1 unspecified atom stereocenters. The monoisotopic (exact) mass is 256 g/mol. The normalized spacial score (nSPS) is 20.1. The van der Waals surface area contributed by atoms with Crippen molar-refractivity contribution >= 4 is 23.2 Å². The quantitative estimate of drug-likeness (QED) is 0.899. The zero-order valence-corrected chi connectivity index (χ0v) is 10.3. The van der Waals surface area contributed by atoms with Gasteiger partial charge in [0.25, 0.3) is 0 Å². The highest BCUT2D eigenvalue weighted by Crippen LogP contribution is 2.31. The number of amides is 1. The molecular weight excluding hydrogens is 243 g/mol. The van der Waals surface area contributed by atoms with E-state index in [0.29, 0.717) is 13.0 Å². The van der Waals surface area contributed by atoms with E-state index in [1.54, 1.807) is 6.07 Å². The van der Waals surface area contributed by atoms with E-state index < -0.39 is 5.82 Å². The Bertz CT molecular complexity index is 418. The van der Waals surface area contributed by atoms with Gasteiger partial charge in [-0.1, -0.05) is 24.6 Å². The molecule has 0 bridgehead atoms. The molecule has 17 heavy (non-hydrogen) atoms. The van der Waals surface area contributed by atoms with E-state index in [-0.39, 0.29) is 22.7 Å². The lowest BCUT2D eigenvalue weighted by atomic mass is 10.2. The van der Waals surface area contributed by atoms with Gasteiger partial charge in [0.05, 0.1) is 16.8 Å². The molecular formula is C12H14ClFN2O. The van der Waals surface area contributed by atoms with Crippen LogP contribution in [0.4, 0.5) is 10.1 Å². The summed E-state index contributed by atoms with van der Waals surface area (Å²) in [6.45, 7) is 3.15. The minimum atomic E-state index is -0.456. The number of hydrogen-bond acceptors (Lipinski definition) is 2. The maximum Gasteiger partial charge on any atom is 0.244 e. The fourth-order valence-corrected chi connectivity index (χ4v) is 2.35. The van der Waals surface area contributed by atoms with Crippen LogP contribution in [0.5, 0.6) is 0 Å². The third-order valence-electron chi connectivity index (χ3n) is 2.86. The highest BCUT2D eigenvalue weighted by Gasteiger charge is 2.34. The minimum absolute atomic E-state index is 0.112. The van der Waals surface area contributed by atoms with E-state index in [4.69, 9.17) is 11.6 Å². The van der Waals surface area contributed by atoms with Crippen LogP contribution in [0.15, 0.2) is 18.2 Å². The van der Waals surface area contributed by atoms with Crippen molar-refractivity contribution in [3.8, 4) is 0 Å². The van der Waals surface area contributed by atoms with Gasteiger partial charge in [0.2, 0.25) is 5.91 Å². The molecule has 0 radical (unpaired) electrons. The summed E-state index contributed by atoms with van der Waals surface area (Å²) in [6, 6.07) is 4.21. The molecule has 1 aliphatic heterocycles. The van der Waals surface area contributed by atoms with Gasteiger partial charge in [-0.3, -0.25) is 4.79 Å². The summed E-state index contributed by atoms with van der Waals surface area (Å²) in [5.74, 6) is -0.568. The van der Waals surface area contributed by atoms with Crippen LogP contribution >= 0.6 is 11.6 Å². The van der Waals surface area contributed by atoms with Crippen molar-refractivity contribution in [1.82, 2.24) is 5.32 Å². The molecule has 0 aliphatic carbocycles. The molecule has 1 atom stereocenters. The number of para-hydroxylation sites is 1. The number of nitrogens with one attached hydrogen (secondary N) is 1. The van der Waals surface area contributed by atoms with Crippen LogP contribution in [-0.4, -0.2) is 25.0 Å². The number of carbonyl (C=O) groups is 1. The van der Waals surface area contributed by atoms with Crippen molar-refractivity contribution in [2.45, 2.75) is 19.4 Å². The Morgan fingerprint density at radius 3 is 3.00 bits per heavy atom. The first-order chi connectivity index (χ1) is 8.15. The lowest BCUT2D eigenvalue weighted by Gasteiger charge is -2.19. The second kappa shape index (κ2) is 5.02. The van der Waals surface area contributed by atoms with E-state index in [9.17, 15) is 9.18 Å². The highest BCUT2D eigenvalue weighted by molar-refractivity contribution is 6.34. The number of nitrogens with zero attached hydrogens (tertiary/aromatic N) is 1. The molecule has 1 aromatic carbocycles. The predicted molar refractivity (Wildman–Crippen MR) is 65.8 cm³/mol. The van der Waals surface area contributed by atoms with Crippen LogP contribution in [0.2, 0.25) is 5.02 Å². The zero-order valence-electron chi connectivity index (χ0n) is 9.54. The fourth-order valence-electron chi connectivity index (χ4n) is 2.08. The first-order valence-electron chi connectivity index (χ1n) is 5.64. The number of anilines is 1. The van der Waals surface area contributed by atoms with E-state index in [2.05, 4.69) is 5.32 Å². The molecule has 1 aliphatic rings. The van der Waals surface area contributed by atoms with Crippen molar-refractivity contribution in [3.05, 3.63) is 29.0 Å². The molecule has 92 valence electrons. The number of carbonyl (C=O) groups excluding carboxylic acids is 1. The smallest absolute Gasteiger partial charge is 0.244 e. The average Bonchev–Trinajstić information content (AvgIpc) is 2.62. The van der Waals surface area contributed by atoms with Gasteiger partial charge in [-0.05, 0) is 25.1 Å². The van der Waals surface area contributed by atoms with Gasteiger partial charge in [-0.15, -0.1) is 0 Å². The largest absolute Gasteiger partial charge is 0.307 e. The number of hydrogen-bond donors (Lipinski definition) is 1. The molecule has 1 heterocycles. The summed E-state index contributed by atoms with van der Waals surface area (Å²) in [7, 11) is 0. The van der Waals surface area contributed by atoms with Crippen LogP contribution in [0.1, 0.15) is 13.3 Å². The zero-order chi connectivity index (χ0) is 12.4. The molecule has 1 saturated heterocycles. The van der Waals surface area contributed by atoms with Gasteiger partial charge in [0.1, 0.15) is 5.82 Å². The Labute approximate surface area is 105 Å². The van der Waals surface area contributed by atoms with E-state index in [1.165, 1.54) is 17.0 Å². The lowest BCUT2D eigenvalue weighted by molar-refractivity contribution is -0.118. The Morgan fingerprint density at radius 2 is 2.35 bits per heavy atom. The van der Waals surface area contributed by atoms with Crippen LogP contribution in [0, 0.1) is 5.82 Å². The molecule has 1 fully saturated rings. The molecule has 0 spiro atoms. The molecule has 0 saturated carbocycles.